The van der Waals surface area contributed by atoms with Crippen molar-refractivity contribution in [2.24, 2.45) is 5.92 Å². The van der Waals surface area contributed by atoms with Crippen molar-refractivity contribution < 1.29 is 9.59 Å². The first-order valence-electron chi connectivity index (χ1n) is 18.7. The van der Waals surface area contributed by atoms with E-state index in [9.17, 15) is 9.59 Å². The van der Waals surface area contributed by atoms with Gasteiger partial charge >= 0.3 is 0 Å². The molecule has 0 spiro atoms. The van der Waals surface area contributed by atoms with Crippen LogP contribution in [0.25, 0.3) is 0 Å². The zero-order valence-electron chi connectivity index (χ0n) is 32.1. The average Bonchev–Trinajstić information content (AvgIpc) is 3.03. The summed E-state index contributed by atoms with van der Waals surface area (Å²) in [7, 11) is 0. The molecule has 1 aromatic carbocycles. The maximum atomic E-state index is 13.0. The van der Waals surface area contributed by atoms with E-state index < -0.39 is 0 Å². The fourth-order valence-corrected chi connectivity index (χ4v) is 6.21. The Morgan fingerprint density at radius 3 is 1.29 bits per heavy atom. The first-order valence-corrected chi connectivity index (χ1v) is 18.7. The van der Waals surface area contributed by atoms with E-state index in [1.807, 2.05) is 12.1 Å². The summed E-state index contributed by atoms with van der Waals surface area (Å²) < 4.78 is 0. The van der Waals surface area contributed by atoms with Crippen LogP contribution in [0.15, 0.2) is 105 Å². The molecule has 1 aliphatic carbocycles. The number of allylic oxidation sites excluding steroid dienone is 14. The predicted molar refractivity (Wildman–Crippen MR) is 210 cm³/mol. The Labute approximate surface area is 295 Å². The van der Waals surface area contributed by atoms with E-state index >= 15 is 0 Å². The molecule has 0 aliphatic heterocycles. The number of carbonyl (C=O) groups is 2. The maximum Gasteiger partial charge on any atom is 0.190 e. The van der Waals surface area contributed by atoms with Crippen molar-refractivity contribution in [3.63, 3.8) is 0 Å². The normalized spacial score (nSPS) is 15.6. The Morgan fingerprint density at radius 1 is 0.542 bits per heavy atom. The molecule has 2 heteroatoms. The van der Waals surface area contributed by atoms with Crippen molar-refractivity contribution in [3.05, 3.63) is 116 Å². The number of carbonyl (C=O) groups excluding carboxylic acids is 2. The standard InChI is InChI=1S/C46H66O2/c1-34(2)18-12-19-35(3)20-13-21-36(4)22-14-23-37(5)24-15-25-38(6)26-16-27-39(7)28-17-29-40(8)32-33-42-41(9)45(47)43-30-10-11-31-44(43)46(42)48/h10-11,20,22,24,26,28,30-32,34H,12-19,21,23,25,27,29,33H2,1-9H3. The lowest BCUT2D eigenvalue weighted by Gasteiger charge is -2.18. The summed E-state index contributed by atoms with van der Waals surface area (Å²) in [4.78, 5) is 25.7. The molecule has 0 saturated carbocycles. The van der Waals surface area contributed by atoms with Crippen LogP contribution in [0.4, 0.5) is 0 Å². The second-order valence-electron chi connectivity index (χ2n) is 14.8. The topological polar surface area (TPSA) is 34.1 Å². The van der Waals surface area contributed by atoms with E-state index in [0.717, 1.165) is 57.3 Å². The van der Waals surface area contributed by atoms with Crippen LogP contribution in [0, 0.1) is 5.92 Å². The minimum Gasteiger partial charge on any atom is -0.289 e. The second-order valence-corrected chi connectivity index (χ2v) is 14.8. The maximum absolute atomic E-state index is 13.0. The van der Waals surface area contributed by atoms with E-state index in [2.05, 4.69) is 91.8 Å². The summed E-state index contributed by atoms with van der Waals surface area (Å²) in [6.45, 7) is 19.9. The van der Waals surface area contributed by atoms with Gasteiger partial charge in [-0.2, -0.15) is 0 Å². The number of fused-ring (bicyclic) bond motifs is 1. The van der Waals surface area contributed by atoms with Crippen molar-refractivity contribution in [1.29, 1.82) is 0 Å². The predicted octanol–water partition coefficient (Wildman–Crippen LogP) is 14.2. The van der Waals surface area contributed by atoms with Gasteiger partial charge in [-0.15, -0.1) is 0 Å². The number of hydrogen-bond donors (Lipinski definition) is 0. The van der Waals surface area contributed by atoms with Gasteiger partial charge in [0, 0.05) is 22.3 Å². The Bertz CT molecular complexity index is 1430. The molecule has 1 aromatic rings. The molecular weight excluding hydrogens is 585 g/mol. The van der Waals surface area contributed by atoms with Crippen LogP contribution in [0.1, 0.15) is 173 Å². The van der Waals surface area contributed by atoms with Gasteiger partial charge in [-0.3, -0.25) is 9.59 Å². The van der Waals surface area contributed by atoms with Crippen molar-refractivity contribution >= 4 is 11.6 Å². The molecule has 0 atom stereocenters. The van der Waals surface area contributed by atoms with Crippen LogP contribution in [0.2, 0.25) is 0 Å². The third-order valence-electron chi connectivity index (χ3n) is 9.65. The zero-order chi connectivity index (χ0) is 35.5. The van der Waals surface area contributed by atoms with Gasteiger partial charge < -0.3 is 0 Å². The molecule has 0 unspecified atom stereocenters. The summed E-state index contributed by atoms with van der Waals surface area (Å²) in [5.41, 5.74) is 11.0. The molecule has 0 fully saturated rings. The fourth-order valence-electron chi connectivity index (χ4n) is 6.21. The summed E-state index contributed by atoms with van der Waals surface area (Å²) in [5.74, 6) is 0.783. The van der Waals surface area contributed by atoms with Crippen LogP contribution in [-0.4, -0.2) is 11.6 Å². The number of Topliss-reactive ketones (excluding diaryl/α,β-unsaturated/α-hetero) is 2. The van der Waals surface area contributed by atoms with Gasteiger partial charge in [0.25, 0.3) is 0 Å². The lowest BCUT2D eigenvalue weighted by Crippen LogP contribution is -2.20. The van der Waals surface area contributed by atoms with Crippen LogP contribution >= 0.6 is 0 Å². The van der Waals surface area contributed by atoms with Gasteiger partial charge in [-0.25, -0.2) is 0 Å². The van der Waals surface area contributed by atoms with Crippen molar-refractivity contribution in [2.75, 3.05) is 0 Å². The molecule has 1 aliphatic rings. The van der Waals surface area contributed by atoms with E-state index in [-0.39, 0.29) is 11.6 Å². The number of hydrogen-bond acceptors (Lipinski definition) is 2. The molecule has 0 radical (unpaired) electrons. The summed E-state index contributed by atoms with van der Waals surface area (Å²) in [6, 6.07) is 7.16. The highest BCUT2D eigenvalue weighted by Crippen LogP contribution is 2.28. The number of benzene rings is 1. The zero-order valence-corrected chi connectivity index (χ0v) is 32.1. The molecule has 0 aromatic heterocycles. The third-order valence-corrected chi connectivity index (χ3v) is 9.65. The summed E-state index contributed by atoms with van der Waals surface area (Å²) >= 11 is 0. The quantitative estimate of drug-likeness (QED) is 0.124. The Morgan fingerprint density at radius 2 is 0.896 bits per heavy atom. The van der Waals surface area contributed by atoms with E-state index in [1.54, 1.807) is 24.6 Å². The van der Waals surface area contributed by atoms with E-state index in [4.69, 9.17) is 0 Å². The molecule has 0 bridgehead atoms. The van der Waals surface area contributed by atoms with Gasteiger partial charge in [0.2, 0.25) is 0 Å². The lowest BCUT2D eigenvalue weighted by atomic mass is 9.83. The monoisotopic (exact) mass is 651 g/mol. The number of rotatable bonds is 21. The Hall–Kier alpha value is -3.26. The SMILES string of the molecule is CC(=CCCC(C)=CCCC(C)=CCC1=C(C)C(=O)c2ccccc2C1=O)CCC=C(C)CCC=C(C)CCC=C(C)CCCC(C)C. The highest BCUT2D eigenvalue weighted by molar-refractivity contribution is 6.26. The third kappa shape index (κ3) is 15.8. The molecule has 2 rings (SSSR count). The van der Waals surface area contributed by atoms with E-state index in [0.29, 0.717) is 28.7 Å². The molecular formula is C46H66O2. The van der Waals surface area contributed by atoms with Gasteiger partial charge in [0.15, 0.2) is 11.6 Å². The summed E-state index contributed by atoms with van der Waals surface area (Å²) in [5, 5.41) is 0. The molecule has 2 nitrogen and oxygen atoms in total. The highest BCUT2D eigenvalue weighted by atomic mass is 16.1. The van der Waals surface area contributed by atoms with Crippen LogP contribution in [0.5, 0.6) is 0 Å². The highest BCUT2D eigenvalue weighted by Gasteiger charge is 2.28. The largest absolute Gasteiger partial charge is 0.289 e. The first kappa shape index (κ1) is 40.9. The van der Waals surface area contributed by atoms with Gasteiger partial charge in [0.05, 0.1) is 0 Å². The summed E-state index contributed by atoms with van der Waals surface area (Å²) in [6.07, 6.45) is 29.7. The minimum absolute atomic E-state index is 0.00728. The minimum atomic E-state index is -0.0218. The van der Waals surface area contributed by atoms with Crippen LogP contribution < -0.4 is 0 Å². The lowest BCUT2D eigenvalue weighted by molar-refractivity contribution is 0.0973. The van der Waals surface area contributed by atoms with Gasteiger partial charge in [0.1, 0.15) is 0 Å². The molecule has 0 N–H and O–H groups in total. The second kappa shape index (κ2) is 22.4. The van der Waals surface area contributed by atoms with Crippen molar-refractivity contribution in [2.45, 2.75) is 152 Å². The first-order chi connectivity index (χ1) is 22.9. The van der Waals surface area contributed by atoms with Crippen LogP contribution in [0.3, 0.4) is 0 Å². The molecule has 0 heterocycles. The van der Waals surface area contributed by atoms with Gasteiger partial charge in [-0.1, -0.05) is 114 Å². The van der Waals surface area contributed by atoms with Crippen molar-refractivity contribution in [1.82, 2.24) is 0 Å². The molecule has 0 amide bonds. The van der Waals surface area contributed by atoms with Gasteiger partial charge in [-0.05, 0) is 138 Å². The average molecular weight is 651 g/mol. The molecule has 0 saturated heterocycles. The molecule has 262 valence electrons. The Balaban J connectivity index is 1.64. The van der Waals surface area contributed by atoms with Crippen molar-refractivity contribution in [3.8, 4) is 0 Å². The number of ketones is 2. The Kier molecular flexibility index (Phi) is 19.1. The van der Waals surface area contributed by atoms with E-state index in [1.165, 1.54) is 60.0 Å². The fraction of sp³-hybridized carbons (Fsp3) is 0.522. The van der Waals surface area contributed by atoms with Crippen LogP contribution in [-0.2, 0) is 0 Å². The molecule has 48 heavy (non-hydrogen) atoms. The smallest absolute Gasteiger partial charge is 0.190 e.